The molecule has 3 N–H and O–H groups in total. The first-order valence-electron chi connectivity index (χ1n) is 7.80. The summed E-state index contributed by atoms with van der Waals surface area (Å²) in [5.41, 5.74) is 1.94. The third-order valence-electron chi connectivity index (χ3n) is 4.21. The second-order valence-corrected chi connectivity index (χ2v) is 5.83. The molecule has 0 aliphatic heterocycles. The highest BCUT2D eigenvalue weighted by Crippen LogP contribution is 2.31. The van der Waals surface area contributed by atoms with Gasteiger partial charge < -0.3 is 15.7 Å². The Morgan fingerprint density at radius 2 is 2.04 bits per heavy atom. The topological polar surface area (TPSA) is 61.4 Å². The van der Waals surface area contributed by atoms with Crippen LogP contribution in [0.3, 0.4) is 0 Å². The average molecular weight is 332 g/mol. The Hall–Kier alpha value is -2.47. The van der Waals surface area contributed by atoms with Crippen molar-refractivity contribution in [3.63, 3.8) is 0 Å². The maximum Gasteiger partial charge on any atom is 0.315 e. The molecule has 3 rings (SSSR count). The third kappa shape index (κ3) is 3.54. The third-order valence-corrected chi connectivity index (χ3v) is 4.21. The number of amides is 2. The van der Waals surface area contributed by atoms with Crippen LogP contribution in [0.25, 0.3) is 0 Å². The number of benzene rings is 2. The number of hydrogen-bond acceptors (Lipinski definition) is 2. The molecule has 1 aliphatic carbocycles. The van der Waals surface area contributed by atoms with E-state index in [1.165, 1.54) is 30.3 Å². The highest BCUT2D eigenvalue weighted by molar-refractivity contribution is 5.74. The summed E-state index contributed by atoms with van der Waals surface area (Å²) in [5, 5.41) is 15.3. The molecule has 0 radical (unpaired) electrons. The number of aliphatic hydroxyl groups is 1. The van der Waals surface area contributed by atoms with Crippen LogP contribution in [0, 0.1) is 11.6 Å². The van der Waals surface area contributed by atoms with Crippen molar-refractivity contribution in [1.29, 1.82) is 0 Å². The number of urea groups is 1. The van der Waals surface area contributed by atoms with Crippen LogP contribution in [0.2, 0.25) is 0 Å². The van der Waals surface area contributed by atoms with Gasteiger partial charge in [-0.15, -0.1) is 0 Å². The fourth-order valence-electron chi connectivity index (χ4n) is 2.99. The van der Waals surface area contributed by atoms with Gasteiger partial charge in [0.05, 0.1) is 12.1 Å². The molecule has 0 saturated carbocycles. The molecule has 1 aliphatic rings. The van der Waals surface area contributed by atoms with Crippen LogP contribution >= 0.6 is 0 Å². The minimum absolute atomic E-state index is 0.101. The van der Waals surface area contributed by atoms with Crippen LogP contribution in [0.4, 0.5) is 13.6 Å². The molecule has 2 atom stereocenters. The molecule has 2 unspecified atom stereocenters. The van der Waals surface area contributed by atoms with Gasteiger partial charge in [0, 0.05) is 12.1 Å². The van der Waals surface area contributed by atoms with Crippen LogP contribution in [0.5, 0.6) is 0 Å². The average Bonchev–Trinajstić information content (AvgIpc) is 2.95. The summed E-state index contributed by atoms with van der Waals surface area (Å²) in [6.45, 7) is -0.101. The van der Waals surface area contributed by atoms with Crippen molar-refractivity contribution in [2.45, 2.75) is 25.0 Å². The summed E-state index contributed by atoms with van der Waals surface area (Å²) in [4.78, 5) is 12.0. The Kier molecular flexibility index (Phi) is 4.76. The van der Waals surface area contributed by atoms with E-state index in [2.05, 4.69) is 10.6 Å². The molecule has 0 saturated heterocycles. The number of aryl methyl sites for hydroxylation is 1. The molecule has 0 spiro atoms. The summed E-state index contributed by atoms with van der Waals surface area (Å²) in [6.07, 6.45) is 0.278. The number of fused-ring (bicyclic) bond motifs is 1. The van der Waals surface area contributed by atoms with Crippen molar-refractivity contribution in [1.82, 2.24) is 10.6 Å². The van der Waals surface area contributed by atoms with E-state index in [1.807, 2.05) is 0 Å². The molecule has 2 aromatic carbocycles. The number of carbonyl (C=O) groups is 1. The fourth-order valence-corrected chi connectivity index (χ4v) is 2.99. The number of carbonyl (C=O) groups excluding carboxylic acids is 1. The van der Waals surface area contributed by atoms with E-state index in [0.29, 0.717) is 12.8 Å². The van der Waals surface area contributed by atoms with Gasteiger partial charge >= 0.3 is 6.03 Å². The van der Waals surface area contributed by atoms with E-state index in [-0.39, 0.29) is 24.0 Å². The van der Waals surface area contributed by atoms with Crippen LogP contribution in [0.15, 0.2) is 42.5 Å². The summed E-state index contributed by atoms with van der Waals surface area (Å²) >= 11 is 0. The number of aliphatic hydroxyl groups excluding tert-OH is 1. The van der Waals surface area contributed by atoms with Gasteiger partial charge in [0.15, 0.2) is 0 Å². The van der Waals surface area contributed by atoms with Crippen molar-refractivity contribution in [3.05, 3.63) is 70.8 Å². The van der Waals surface area contributed by atoms with E-state index in [4.69, 9.17) is 0 Å². The molecule has 2 amide bonds. The van der Waals surface area contributed by atoms with Gasteiger partial charge in [-0.1, -0.05) is 24.3 Å². The lowest BCUT2D eigenvalue weighted by atomic mass is 10.1. The highest BCUT2D eigenvalue weighted by Gasteiger charge is 2.24. The molecule has 0 heterocycles. The first-order valence-corrected chi connectivity index (χ1v) is 7.80. The van der Waals surface area contributed by atoms with Crippen LogP contribution in [-0.4, -0.2) is 17.7 Å². The molecule has 0 bridgehead atoms. The second kappa shape index (κ2) is 6.97. The van der Waals surface area contributed by atoms with Gasteiger partial charge in [-0.2, -0.15) is 0 Å². The number of nitrogens with one attached hydrogen (secondary N) is 2. The van der Waals surface area contributed by atoms with Crippen molar-refractivity contribution >= 4 is 6.03 Å². The van der Waals surface area contributed by atoms with Gasteiger partial charge in [-0.05, 0) is 42.2 Å². The van der Waals surface area contributed by atoms with Gasteiger partial charge in [0.25, 0.3) is 0 Å². The van der Waals surface area contributed by atoms with E-state index in [0.717, 1.165) is 11.1 Å². The van der Waals surface area contributed by atoms with Crippen molar-refractivity contribution < 1.29 is 18.7 Å². The molecule has 24 heavy (non-hydrogen) atoms. The van der Waals surface area contributed by atoms with Crippen LogP contribution in [0.1, 0.15) is 35.3 Å². The first kappa shape index (κ1) is 16.4. The van der Waals surface area contributed by atoms with Crippen molar-refractivity contribution in [2.24, 2.45) is 0 Å². The number of rotatable bonds is 4. The maximum atomic E-state index is 13.6. The number of hydrogen-bond donors (Lipinski definition) is 3. The van der Waals surface area contributed by atoms with E-state index < -0.39 is 18.0 Å². The predicted octanol–water partition coefficient (Wildman–Crippen LogP) is 2.98. The molecule has 126 valence electrons. The second-order valence-electron chi connectivity index (χ2n) is 5.83. The van der Waals surface area contributed by atoms with E-state index in [1.54, 1.807) is 12.1 Å². The van der Waals surface area contributed by atoms with Gasteiger partial charge in [-0.3, -0.25) is 0 Å². The number of halogens is 2. The molecule has 0 fully saturated rings. The Bertz CT molecular complexity index is 752. The lowest BCUT2D eigenvalue weighted by Crippen LogP contribution is -2.39. The molecule has 2 aromatic rings. The Morgan fingerprint density at radius 3 is 2.83 bits per heavy atom. The molecular formula is C18H18F2N2O2. The summed E-state index contributed by atoms with van der Waals surface area (Å²) in [5.74, 6) is -0.800. The highest BCUT2D eigenvalue weighted by atomic mass is 19.1. The summed E-state index contributed by atoms with van der Waals surface area (Å²) < 4.78 is 26.8. The van der Waals surface area contributed by atoms with E-state index >= 15 is 0 Å². The normalized spacial score (nSPS) is 17.2. The molecule has 6 heteroatoms. The Morgan fingerprint density at radius 1 is 1.25 bits per heavy atom. The van der Waals surface area contributed by atoms with Gasteiger partial charge in [0.2, 0.25) is 0 Å². The largest absolute Gasteiger partial charge is 0.386 e. The minimum atomic E-state index is -1.12. The zero-order chi connectivity index (χ0) is 17.1. The Labute approximate surface area is 138 Å². The fraction of sp³-hybridized carbons (Fsp3) is 0.278. The standard InChI is InChI=1S/C18H18F2N2O2/c19-12-6-7-13-11(9-12)5-8-16(13)22-18(24)21-10-17(23)14-3-1-2-4-15(14)20/h1-4,6-7,9,16-17,23H,5,8,10H2,(H2,21,22,24). The first-order chi connectivity index (χ1) is 11.5. The van der Waals surface area contributed by atoms with Crippen LogP contribution < -0.4 is 10.6 Å². The molecular weight excluding hydrogens is 314 g/mol. The maximum absolute atomic E-state index is 13.6. The van der Waals surface area contributed by atoms with E-state index in [9.17, 15) is 18.7 Å². The van der Waals surface area contributed by atoms with Crippen molar-refractivity contribution in [3.8, 4) is 0 Å². The molecule has 4 nitrogen and oxygen atoms in total. The lowest BCUT2D eigenvalue weighted by Gasteiger charge is -2.17. The smallest absolute Gasteiger partial charge is 0.315 e. The van der Waals surface area contributed by atoms with Crippen molar-refractivity contribution in [2.75, 3.05) is 6.54 Å². The summed E-state index contributed by atoms with van der Waals surface area (Å²) in [7, 11) is 0. The molecule has 0 aromatic heterocycles. The summed E-state index contributed by atoms with van der Waals surface area (Å²) in [6, 6.07) is 9.78. The SMILES string of the molecule is O=C(NCC(O)c1ccccc1F)NC1CCc2cc(F)ccc21. The Balaban J connectivity index is 1.55. The monoisotopic (exact) mass is 332 g/mol. The predicted molar refractivity (Wildman–Crippen MR) is 85.4 cm³/mol. The zero-order valence-electron chi connectivity index (χ0n) is 12.9. The van der Waals surface area contributed by atoms with Gasteiger partial charge in [-0.25, -0.2) is 13.6 Å². The van der Waals surface area contributed by atoms with Crippen LogP contribution in [-0.2, 0) is 6.42 Å². The zero-order valence-corrected chi connectivity index (χ0v) is 12.9. The minimum Gasteiger partial charge on any atom is -0.386 e. The lowest BCUT2D eigenvalue weighted by molar-refractivity contribution is 0.168. The quantitative estimate of drug-likeness (QED) is 0.806. The van der Waals surface area contributed by atoms with Gasteiger partial charge in [0.1, 0.15) is 11.6 Å².